The zero-order valence-electron chi connectivity index (χ0n) is 30.8. The van der Waals surface area contributed by atoms with Crippen LogP contribution in [0.2, 0.25) is 0 Å². The molecule has 0 bridgehead atoms. The Kier molecular flexibility index (Phi) is 16.0. The smallest absolute Gasteiger partial charge is 0.350 e. The molecule has 9 nitrogen and oxygen atoms in total. The van der Waals surface area contributed by atoms with Crippen LogP contribution in [0.25, 0.3) is 0 Å². The van der Waals surface area contributed by atoms with Crippen molar-refractivity contribution in [3.63, 3.8) is 0 Å². The summed E-state index contributed by atoms with van der Waals surface area (Å²) in [5.41, 5.74) is -1.14. The summed E-state index contributed by atoms with van der Waals surface area (Å²) in [6.45, 7) is 4.82. The molecule has 0 aromatic heterocycles. The molecule has 280 valence electrons. The number of carbonyl (C=O) groups excluding carboxylic acids is 2. The Morgan fingerprint density at radius 1 is 0.898 bits per heavy atom. The molecule has 2 N–H and O–H groups in total. The van der Waals surface area contributed by atoms with Gasteiger partial charge < -0.3 is 31.4 Å². The Morgan fingerprint density at radius 2 is 1.57 bits per heavy atom. The van der Waals surface area contributed by atoms with Gasteiger partial charge in [-0.15, -0.1) is 0 Å². The van der Waals surface area contributed by atoms with Crippen LogP contribution in [0.5, 0.6) is 0 Å². The highest BCUT2D eigenvalue weighted by atomic mass is 35.5. The fraction of sp³-hybridized carbons (Fsp3) is 0.872. The van der Waals surface area contributed by atoms with E-state index in [-0.39, 0.29) is 48.5 Å². The molecule has 0 amide bonds. The summed E-state index contributed by atoms with van der Waals surface area (Å²) in [6.07, 6.45) is 29.6. The number of allylic oxidation sites excluding steroid dienone is 1. The lowest BCUT2D eigenvalue weighted by atomic mass is 9.80. The molecule has 2 fully saturated rings. The number of ether oxygens (including phenoxy) is 4. The Hall–Kier alpha value is -1.84. The average molecular weight is 708 g/mol. The maximum atomic E-state index is 14.0. The highest BCUT2D eigenvalue weighted by molar-refractivity contribution is 5.82. The van der Waals surface area contributed by atoms with Gasteiger partial charge in [-0.05, 0) is 58.3 Å². The summed E-state index contributed by atoms with van der Waals surface area (Å²) < 4.78 is 26.8. The molecule has 2 saturated heterocycles. The van der Waals surface area contributed by atoms with Crippen molar-refractivity contribution in [3.05, 3.63) is 12.2 Å². The van der Waals surface area contributed by atoms with Crippen molar-refractivity contribution in [1.29, 1.82) is 0 Å². The van der Waals surface area contributed by atoms with Gasteiger partial charge in [0.25, 0.3) is 0 Å². The second-order valence-corrected chi connectivity index (χ2v) is 15.3. The molecule has 5 rings (SSSR count). The normalized spacial score (nSPS) is 31.8. The Bertz CT molecular complexity index is 1120. The summed E-state index contributed by atoms with van der Waals surface area (Å²) in [7, 11) is 1.46. The second kappa shape index (κ2) is 19.7. The van der Waals surface area contributed by atoms with E-state index in [0.717, 1.165) is 89.4 Å². The first kappa shape index (κ1) is 39.9. The minimum absolute atomic E-state index is 0. The van der Waals surface area contributed by atoms with E-state index < -0.39 is 11.4 Å². The molecule has 5 aliphatic heterocycles. The molecule has 0 aromatic rings. The summed E-state index contributed by atoms with van der Waals surface area (Å²) in [5, 5.41) is 7.66. The molecule has 5 heterocycles. The number of hydrogen-bond donors (Lipinski definition) is 2. The van der Waals surface area contributed by atoms with Crippen LogP contribution < -0.4 is 23.0 Å². The summed E-state index contributed by atoms with van der Waals surface area (Å²) in [4.78, 5) is 25.1. The molecule has 2 spiro atoms. The van der Waals surface area contributed by atoms with Gasteiger partial charge in [-0.2, -0.15) is 0 Å². The Balaban J connectivity index is 0.00000541. The van der Waals surface area contributed by atoms with E-state index in [9.17, 15) is 9.59 Å². The molecule has 0 radical (unpaired) electrons. The van der Waals surface area contributed by atoms with Crippen LogP contribution in [-0.2, 0) is 28.5 Å². The van der Waals surface area contributed by atoms with Crippen molar-refractivity contribution in [2.75, 3.05) is 13.7 Å². The van der Waals surface area contributed by atoms with Crippen molar-refractivity contribution in [2.45, 2.75) is 197 Å². The van der Waals surface area contributed by atoms with Gasteiger partial charge in [-0.25, -0.2) is 10.6 Å². The van der Waals surface area contributed by atoms with Crippen LogP contribution >= 0.6 is 0 Å². The van der Waals surface area contributed by atoms with E-state index in [1.807, 2.05) is 0 Å². The number of hydrogen-bond acceptors (Lipinski definition) is 8. The fourth-order valence-corrected chi connectivity index (χ4v) is 9.08. The lowest BCUT2D eigenvalue weighted by molar-refractivity contribution is -0.609. The van der Waals surface area contributed by atoms with Crippen molar-refractivity contribution in [3.8, 4) is 0 Å². The first-order valence-electron chi connectivity index (χ1n) is 19.9. The largest absolute Gasteiger partial charge is 1.00 e. The standard InChI is InChI=1S/C39H65N3O6.ClH/c1-4-32-22-17-18-26-38(48-32)29-31-24-25-33-35(39(27-20-21-30(2)47-39)41-37(40-38)42(31)33)36(44)46-28-19-15-13-11-9-7-5-6-8-10-12-14-16-23-34(43)45-3;/h17,22,30-33,35H,4-16,18-21,23-29H2,1-3H3,(H,40,41);1H/t30-,31+,32+,33-,35-,38+,39-;/m1./s1. The summed E-state index contributed by atoms with van der Waals surface area (Å²) in [5.74, 6) is 0.471. The van der Waals surface area contributed by atoms with Crippen molar-refractivity contribution in [1.82, 2.24) is 10.6 Å². The van der Waals surface area contributed by atoms with Gasteiger partial charge in [0.15, 0.2) is 11.6 Å². The number of rotatable bonds is 18. The van der Waals surface area contributed by atoms with E-state index in [0.29, 0.717) is 19.1 Å². The minimum atomic E-state index is -0.747. The third kappa shape index (κ3) is 10.6. The van der Waals surface area contributed by atoms with E-state index >= 15 is 0 Å². The quantitative estimate of drug-likeness (QED) is 0.0937. The van der Waals surface area contributed by atoms with Crippen LogP contribution in [0.15, 0.2) is 12.2 Å². The van der Waals surface area contributed by atoms with E-state index in [4.69, 9.17) is 18.9 Å². The summed E-state index contributed by atoms with van der Waals surface area (Å²) >= 11 is 0. The lowest BCUT2D eigenvalue weighted by Crippen LogP contribution is -3.00. The van der Waals surface area contributed by atoms with Crippen molar-refractivity contribution < 1.29 is 45.5 Å². The van der Waals surface area contributed by atoms with Gasteiger partial charge in [0.1, 0.15) is 0 Å². The van der Waals surface area contributed by atoms with E-state index in [2.05, 4.69) is 41.2 Å². The van der Waals surface area contributed by atoms with Crippen LogP contribution in [0.1, 0.15) is 162 Å². The number of methoxy groups -OCH3 is 1. The molecular weight excluding hydrogens is 642 g/mol. The van der Waals surface area contributed by atoms with E-state index in [1.165, 1.54) is 64.9 Å². The van der Waals surface area contributed by atoms with Gasteiger partial charge in [0.2, 0.25) is 5.72 Å². The first-order valence-corrected chi connectivity index (χ1v) is 19.9. The number of nitrogens with one attached hydrogen (secondary N) is 2. The molecule has 0 aliphatic carbocycles. The van der Waals surface area contributed by atoms with Gasteiger partial charge in [-0.1, -0.05) is 89.7 Å². The molecule has 10 heteroatoms. The number of unbranched alkanes of at least 4 members (excludes halogenated alkanes) is 12. The number of carbonyl (C=O) groups is 2. The van der Waals surface area contributed by atoms with Crippen LogP contribution in [0, 0.1) is 5.92 Å². The highest BCUT2D eigenvalue weighted by Gasteiger charge is 2.64. The predicted octanol–water partition coefficient (Wildman–Crippen LogP) is 4.41. The number of halogens is 1. The first-order chi connectivity index (χ1) is 23.4. The van der Waals surface area contributed by atoms with Gasteiger partial charge in [0.05, 0.1) is 38.0 Å². The molecule has 0 unspecified atom stereocenters. The van der Waals surface area contributed by atoms with Crippen LogP contribution in [0.4, 0.5) is 0 Å². The number of esters is 2. The van der Waals surface area contributed by atoms with Crippen LogP contribution in [-0.4, -0.2) is 71.9 Å². The zero-order chi connectivity index (χ0) is 33.8. The Labute approximate surface area is 302 Å². The van der Waals surface area contributed by atoms with Gasteiger partial charge >= 0.3 is 17.9 Å². The minimum Gasteiger partial charge on any atom is -1.00 e. The van der Waals surface area contributed by atoms with Crippen molar-refractivity contribution >= 4 is 17.9 Å². The zero-order valence-corrected chi connectivity index (χ0v) is 31.5. The molecular formula is C39H66ClN3O6. The van der Waals surface area contributed by atoms with Gasteiger partial charge in [0, 0.05) is 25.7 Å². The molecule has 5 aliphatic rings. The topological polar surface area (TPSA) is 98.1 Å². The SMILES string of the molecule is CC[C@H]1C=CCC[C@@]2(C[C@@H]3CC[C@@H]4[C@H](C(=O)OCCCCCCCCCCCCCCCC(=O)OC)[C@]5(CCC[C@@H](C)O5)NC(=[N+]34)N2)O1.[Cl-]. The number of nitrogens with zero attached hydrogens (tertiary/aromatic N) is 1. The molecule has 7 atom stereocenters. The predicted molar refractivity (Wildman–Crippen MR) is 187 cm³/mol. The second-order valence-electron chi connectivity index (χ2n) is 15.3. The molecule has 49 heavy (non-hydrogen) atoms. The van der Waals surface area contributed by atoms with Crippen molar-refractivity contribution in [2.24, 2.45) is 5.92 Å². The third-order valence-corrected chi connectivity index (χ3v) is 11.6. The van der Waals surface area contributed by atoms with Crippen LogP contribution in [0.3, 0.4) is 0 Å². The fourth-order valence-electron chi connectivity index (χ4n) is 9.08. The summed E-state index contributed by atoms with van der Waals surface area (Å²) in [6, 6.07) is 0.415. The third-order valence-electron chi connectivity index (χ3n) is 11.6. The number of guanidine groups is 1. The lowest BCUT2D eigenvalue weighted by Gasteiger charge is -2.50. The maximum absolute atomic E-state index is 14.0. The monoisotopic (exact) mass is 707 g/mol. The average Bonchev–Trinajstić information content (AvgIpc) is 3.38. The molecule has 0 saturated carbocycles. The van der Waals surface area contributed by atoms with Gasteiger partial charge in [-0.3, -0.25) is 14.2 Å². The molecule has 0 aromatic carbocycles. The Morgan fingerprint density at radius 3 is 2.22 bits per heavy atom. The maximum Gasteiger partial charge on any atom is 0.350 e. The highest BCUT2D eigenvalue weighted by Crippen LogP contribution is 2.45. The van der Waals surface area contributed by atoms with E-state index in [1.54, 1.807) is 0 Å².